The molecule has 2 heterocycles. The first-order valence-electron chi connectivity index (χ1n) is 8.94. The van der Waals surface area contributed by atoms with Crippen LogP contribution in [0.3, 0.4) is 0 Å². The Labute approximate surface area is 152 Å². The largest absolute Gasteiger partial charge is 0.506 e. The van der Waals surface area contributed by atoms with Crippen LogP contribution < -0.4 is 14.4 Å². The van der Waals surface area contributed by atoms with Crippen LogP contribution in [0.5, 0.6) is 17.2 Å². The molecular formula is C20H22N2O4. The summed E-state index contributed by atoms with van der Waals surface area (Å²) in [6.45, 7) is 3.84. The fourth-order valence-corrected chi connectivity index (χ4v) is 3.36. The first kappa shape index (κ1) is 16.6. The number of carbonyl (C=O) groups is 1. The number of hydrogen-bond donors (Lipinski definition) is 1. The SMILES string of the molecule is O=C(c1ccc2c(c1)OCCCO2)N1CCN(c2ccccc2O)CC1. The number of fused-ring (bicyclic) bond motifs is 1. The zero-order valence-electron chi connectivity index (χ0n) is 14.6. The zero-order valence-corrected chi connectivity index (χ0v) is 14.6. The molecule has 136 valence electrons. The lowest BCUT2D eigenvalue weighted by molar-refractivity contribution is 0.0746. The molecule has 0 saturated carbocycles. The summed E-state index contributed by atoms with van der Waals surface area (Å²) in [5, 5.41) is 10.0. The van der Waals surface area contributed by atoms with E-state index in [1.54, 1.807) is 18.2 Å². The molecule has 6 nitrogen and oxygen atoms in total. The Morgan fingerprint density at radius 1 is 0.923 bits per heavy atom. The van der Waals surface area contributed by atoms with Crippen molar-refractivity contribution in [2.75, 3.05) is 44.3 Å². The number of phenols is 1. The van der Waals surface area contributed by atoms with Crippen molar-refractivity contribution in [2.45, 2.75) is 6.42 Å². The molecule has 0 radical (unpaired) electrons. The lowest BCUT2D eigenvalue weighted by Gasteiger charge is -2.36. The molecule has 2 aromatic rings. The standard InChI is InChI=1S/C20H22N2O4/c23-17-5-2-1-4-16(17)21-8-10-22(11-9-21)20(24)15-6-7-18-19(14-15)26-13-3-12-25-18/h1-2,4-7,14,23H,3,8-13H2. The predicted octanol–water partition coefficient (Wildman–Crippen LogP) is 2.52. The minimum atomic E-state index is -0.00224. The molecule has 0 unspecified atom stereocenters. The molecule has 1 N–H and O–H groups in total. The van der Waals surface area contributed by atoms with E-state index in [1.165, 1.54) is 0 Å². The van der Waals surface area contributed by atoms with Crippen LogP contribution in [0.1, 0.15) is 16.8 Å². The quantitative estimate of drug-likeness (QED) is 0.898. The third-order valence-electron chi connectivity index (χ3n) is 4.78. The van der Waals surface area contributed by atoms with E-state index in [1.807, 2.05) is 29.2 Å². The van der Waals surface area contributed by atoms with Crippen molar-refractivity contribution >= 4 is 11.6 Å². The molecule has 2 aliphatic rings. The van der Waals surface area contributed by atoms with Crippen molar-refractivity contribution in [3.05, 3.63) is 48.0 Å². The lowest BCUT2D eigenvalue weighted by atomic mass is 10.1. The maximum atomic E-state index is 12.8. The summed E-state index contributed by atoms with van der Waals surface area (Å²) in [5.41, 5.74) is 1.43. The minimum Gasteiger partial charge on any atom is -0.506 e. The Morgan fingerprint density at radius 2 is 1.65 bits per heavy atom. The third-order valence-corrected chi connectivity index (χ3v) is 4.78. The molecule has 0 atom stereocenters. The number of phenolic OH excluding ortho intramolecular Hbond substituents is 1. The van der Waals surface area contributed by atoms with E-state index in [0.717, 1.165) is 12.1 Å². The van der Waals surface area contributed by atoms with E-state index in [2.05, 4.69) is 4.90 Å². The van der Waals surface area contributed by atoms with Crippen molar-refractivity contribution in [3.8, 4) is 17.2 Å². The monoisotopic (exact) mass is 354 g/mol. The third kappa shape index (κ3) is 3.27. The van der Waals surface area contributed by atoms with Crippen molar-refractivity contribution in [1.82, 2.24) is 4.90 Å². The number of nitrogens with zero attached hydrogens (tertiary/aromatic N) is 2. The van der Waals surface area contributed by atoms with Crippen molar-refractivity contribution < 1.29 is 19.4 Å². The summed E-state index contributed by atoms with van der Waals surface area (Å²) in [7, 11) is 0. The maximum Gasteiger partial charge on any atom is 0.254 e. The van der Waals surface area contributed by atoms with Gasteiger partial charge in [-0.3, -0.25) is 4.79 Å². The van der Waals surface area contributed by atoms with Gasteiger partial charge in [0.25, 0.3) is 5.91 Å². The molecule has 1 saturated heterocycles. The van der Waals surface area contributed by atoms with Crippen LogP contribution in [0.25, 0.3) is 0 Å². The molecule has 26 heavy (non-hydrogen) atoms. The van der Waals surface area contributed by atoms with Crippen LogP contribution in [0.15, 0.2) is 42.5 Å². The number of para-hydroxylation sites is 2. The van der Waals surface area contributed by atoms with Gasteiger partial charge in [-0.15, -0.1) is 0 Å². The summed E-state index contributed by atoms with van der Waals surface area (Å²) in [6.07, 6.45) is 0.840. The minimum absolute atomic E-state index is 0.00224. The van der Waals surface area contributed by atoms with Crippen molar-refractivity contribution in [3.63, 3.8) is 0 Å². The number of anilines is 1. The fraction of sp³-hybridized carbons (Fsp3) is 0.350. The van der Waals surface area contributed by atoms with Gasteiger partial charge >= 0.3 is 0 Å². The number of amides is 1. The van der Waals surface area contributed by atoms with Gasteiger partial charge in [0.05, 0.1) is 18.9 Å². The molecule has 2 aromatic carbocycles. The van der Waals surface area contributed by atoms with E-state index in [4.69, 9.17) is 9.47 Å². The highest BCUT2D eigenvalue weighted by molar-refractivity contribution is 5.95. The van der Waals surface area contributed by atoms with Crippen LogP contribution in [0.4, 0.5) is 5.69 Å². The highest BCUT2D eigenvalue weighted by Crippen LogP contribution is 2.31. The highest BCUT2D eigenvalue weighted by Gasteiger charge is 2.24. The number of benzene rings is 2. The highest BCUT2D eigenvalue weighted by atomic mass is 16.5. The number of carbonyl (C=O) groups excluding carboxylic acids is 1. The van der Waals surface area contributed by atoms with E-state index in [0.29, 0.717) is 56.5 Å². The van der Waals surface area contributed by atoms with Gasteiger partial charge in [-0.05, 0) is 30.3 Å². The molecule has 0 spiro atoms. The average molecular weight is 354 g/mol. The Bertz CT molecular complexity index is 800. The Balaban J connectivity index is 1.44. The smallest absolute Gasteiger partial charge is 0.254 e. The number of aromatic hydroxyl groups is 1. The maximum absolute atomic E-state index is 12.8. The number of hydrogen-bond acceptors (Lipinski definition) is 5. The van der Waals surface area contributed by atoms with Gasteiger partial charge in [-0.25, -0.2) is 0 Å². The summed E-state index contributed by atoms with van der Waals surface area (Å²) in [4.78, 5) is 16.8. The molecule has 1 fully saturated rings. The van der Waals surface area contributed by atoms with Crippen LogP contribution in [-0.4, -0.2) is 55.3 Å². The number of ether oxygens (including phenoxy) is 2. The molecule has 0 aliphatic carbocycles. The van der Waals surface area contributed by atoms with E-state index < -0.39 is 0 Å². The van der Waals surface area contributed by atoms with Gasteiger partial charge in [-0.1, -0.05) is 12.1 Å². The van der Waals surface area contributed by atoms with Gasteiger partial charge in [0.2, 0.25) is 0 Å². The number of piperazine rings is 1. The van der Waals surface area contributed by atoms with Gasteiger partial charge in [0.15, 0.2) is 11.5 Å². The van der Waals surface area contributed by atoms with Crippen LogP contribution in [0, 0.1) is 0 Å². The Kier molecular flexibility index (Phi) is 4.56. The lowest BCUT2D eigenvalue weighted by Crippen LogP contribution is -2.48. The second kappa shape index (κ2) is 7.15. The number of rotatable bonds is 2. The molecule has 0 aromatic heterocycles. The van der Waals surface area contributed by atoms with Gasteiger partial charge in [-0.2, -0.15) is 0 Å². The van der Waals surface area contributed by atoms with Crippen LogP contribution in [0.2, 0.25) is 0 Å². The van der Waals surface area contributed by atoms with Gasteiger partial charge in [0, 0.05) is 38.2 Å². The van der Waals surface area contributed by atoms with Crippen LogP contribution in [-0.2, 0) is 0 Å². The molecule has 2 aliphatic heterocycles. The summed E-state index contributed by atoms with van der Waals surface area (Å²) < 4.78 is 11.3. The first-order valence-corrected chi connectivity index (χ1v) is 8.94. The molecule has 0 bridgehead atoms. The summed E-state index contributed by atoms with van der Waals surface area (Å²) in [5.74, 6) is 1.61. The Hall–Kier alpha value is -2.89. The first-order chi connectivity index (χ1) is 12.7. The second-order valence-electron chi connectivity index (χ2n) is 6.48. The molecular weight excluding hydrogens is 332 g/mol. The van der Waals surface area contributed by atoms with Crippen molar-refractivity contribution in [1.29, 1.82) is 0 Å². The normalized spacial score (nSPS) is 16.9. The molecule has 1 amide bonds. The summed E-state index contributed by atoms with van der Waals surface area (Å²) >= 11 is 0. The van der Waals surface area contributed by atoms with E-state index >= 15 is 0 Å². The van der Waals surface area contributed by atoms with Crippen LogP contribution >= 0.6 is 0 Å². The average Bonchev–Trinajstić information content (AvgIpc) is 2.93. The summed E-state index contributed by atoms with van der Waals surface area (Å²) in [6, 6.07) is 12.7. The van der Waals surface area contributed by atoms with Crippen molar-refractivity contribution in [2.24, 2.45) is 0 Å². The topological polar surface area (TPSA) is 62.2 Å². The fourth-order valence-electron chi connectivity index (χ4n) is 3.36. The van der Waals surface area contributed by atoms with Gasteiger partial charge in [0.1, 0.15) is 5.75 Å². The predicted molar refractivity (Wildman–Crippen MR) is 98.3 cm³/mol. The van der Waals surface area contributed by atoms with E-state index in [-0.39, 0.29) is 11.7 Å². The molecule has 4 rings (SSSR count). The zero-order chi connectivity index (χ0) is 17.9. The van der Waals surface area contributed by atoms with E-state index in [9.17, 15) is 9.90 Å². The molecule has 6 heteroatoms. The van der Waals surface area contributed by atoms with Gasteiger partial charge < -0.3 is 24.4 Å². The Morgan fingerprint density at radius 3 is 2.42 bits per heavy atom. The second-order valence-corrected chi connectivity index (χ2v) is 6.48.